The normalized spacial score (nSPS) is 19.0. The number of carbonyl (C=O) groups is 1. The summed E-state index contributed by atoms with van der Waals surface area (Å²) < 4.78 is 22.7. The van der Waals surface area contributed by atoms with E-state index in [2.05, 4.69) is 25.2 Å². The second-order valence-electron chi connectivity index (χ2n) is 6.56. The lowest BCUT2D eigenvalue weighted by molar-refractivity contribution is 0.210. The summed E-state index contributed by atoms with van der Waals surface area (Å²) in [5.74, 6) is -0.191. The summed E-state index contributed by atoms with van der Waals surface area (Å²) in [6.07, 6.45) is 2.55. The highest BCUT2D eigenvalue weighted by Crippen LogP contribution is 2.29. The molecule has 0 aliphatic carbocycles. The van der Waals surface area contributed by atoms with Crippen molar-refractivity contribution in [1.29, 1.82) is 0 Å². The molecule has 8 heteroatoms. The van der Waals surface area contributed by atoms with Gasteiger partial charge in [0.1, 0.15) is 0 Å². The molecule has 6 nitrogen and oxygen atoms in total. The van der Waals surface area contributed by atoms with Crippen LogP contribution in [-0.4, -0.2) is 42.9 Å². The predicted octanol–water partition coefficient (Wildman–Crippen LogP) is 3.17. The molecule has 3 N–H and O–H groups in total. The van der Waals surface area contributed by atoms with Gasteiger partial charge in [-0.15, -0.1) is 11.8 Å². The minimum atomic E-state index is -3.60. The quantitative estimate of drug-likeness (QED) is 0.736. The minimum absolute atomic E-state index is 0.191. The van der Waals surface area contributed by atoms with Crippen LogP contribution in [-0.2, 0) is 10.0 Å². The summed E-state index contributed by atoms with van der Waals surface area (Å²) in [6, 6.07) is 5.36. The molecule has 0 unspecified atom stereocenters. The van der Waals surface area contributed by atoms with E-state index in [4.69, 9.17) is 5.14 Å². The van der Waals surface area contributed by atoms with E-state index in [1.165, 1.54) is 4.90 Å². The number of carbonyl (C=O) groups excluding carboxylic acids is 1. The van der Waals surface area contributed by atoms with E-state index in [1.807, 2.05) is 30.8 Å². The van der Waals surface area contributed by atoms with Gasteiger partial charge < -0.3 is 10.2 Å². The lowest BCUT2D eigenvalue weighted by Gasteiger charge is -2.24. The average molecular weight is 386 g/mol. The average Bonchev–Trinajstić information content (AvgIpc) is 2.95. The number of rotatable bonds is 6. The van der Waals surface area contributed by atoms with Gasteiger partial charge in [0, 0.05) is 28.4 Å². The second-order valence-corrected chi connectivity index (χ2v) is 9.73. The largest absolute Gasteiger partial charge is 0.322 e. The van der Waals surface area contributed by atoms with Gasteiger partial charge >= 0.3 is 6.03 Å². The van der Waals surface area contributed by atoms with Gasteiger partial charge in [0.2, 0.25) is 10.0 Å². The molecular weight excluding hydrogens is 358 g/mol. The summed E-state index contributed by atoms with van der Waals surface area (Å²) in [7, 11) is -3.60. The number of hydrogen-bond donors (Lipinski definition) is 2. The number of anilines is 1. The number of nitrogens with two attached hydrogens (primary N) is 1. The Labute approximate surface area is 154 Å². The van der Waals surface area contributed by atoms with E-state index in [1.54, 1.807) is 4.90 Å². The van der Waals surface area contributed by atoms with Crippen molar-refractivity contribution in [3.63, 3.8) is 0 Å². The number of likely N-dealkylation sites (tertiary alicyclic amines) is 1. The lowest BCUT2D eigenvalue weighted by atomic mass is 10.2. The Morgan fingerprint density at radius 2 is 2.20 bits per heavy atom. The van der Waals surface area contributed by atoms with E-state index in [-0.39, 0.29) is 17.8 Å². The zero-order valence-electron chi connectivity index (χ0n) is 15.0. The van der Waals surface area contributed by atoms with Gasteiger partial charge in [-0.2, -0.15) is 0 Å². The van der Waals surface area contributed by atoms with Crippen molar-refractivity contribution in [2.24, 2.45) is 5.14 Å². The lowest BCUT2D eigenvalue weighted by Crippen LogP contribution is -2.43. The van der Waals surface area contributed by atoms with Gasteiger partial charge in [0.25, 0.3) is 0 Å². The van der Waals surface area contributed by atoms with E-state index in [9.17, 15) is 13.2 Å². The first-order chi connectivity index (χ1) is 11.7. The Morgan fingerprint density at radius 1 is 1.48 bits per heavy atom. The maximum Gasteiger partial charge on any atom is 0.322 e. The highest BCUT2D eigenvalue weighted by molar-refractivity contribution is 7.99. The number of primary sulfonamides is 1. The summed E-state index contributed by atoms with van der Waals surface area (Å²) >= 11 is 1.81. The standard InChI is InChI=1S/C17H27N3O3S2/c1-4-13(3)24-15-7-8-16(12(2)10-15)19-17(21)20-9-5-6-14(20)11-25(18,22)23/h7-8,10,13-14H,4-6,9,11H2,1-3H3,(H,19,21)(H2,18,22,23)/t13-,14+/m0/s1. The van der Waals surface area contributed by atoms with Gasteiger partial charge in [-0.3, -0.25) is 0 Å². The Kier molecular flexibility index (Phi) is 6.76. The Balaban J connectivity index is 2.04. The zero-order chi connectivity index (χ0) is 18.6. The Hall–Kier alpha value is -1.25. The van der Waals surface area contributed by atoms with Crippen LogP contribution in [0.3, 0.4) is 0 Å². The van der Waals surface area contributed by atoms with Crippen LogP contribution >= 0.6 is 11.8 Å². The summed E-state index contributed by atoms with van der Waals surface area (Å²) in [5.41, 5.74) is 1.74. The van der Waals surface area contributed by atoms with Crippen molar-refractivity contribution >= 4 is 33.5 Å². The maximum absolute atomic E-state index is 12.5. The molecule has 1 saturated heterocycles. The number of nitrogens with one attached hydrogen (secondary N) is 1. The first-order valence-electron chi connectivity index (χ1n) is 8.55. The zero-order valence-corrected chi connectivity index (χ0v) is 16.6. The van der Waals surface area contributed by atoms with Gasteiger partial charge in [0.05, 0.1) is 5.75 Å². The van der Waals surface area contributed by atoms with Crippen LogP contribution in [0.2, 0.25) is 0 Å². The van der Waals surface area contributed by atoms with E-state index in [0.29, 0.717) is 18.2 Å². The number of aryl methyl sites for hydroxylation is 1. The number of benzene rings is 1. The highest BCUT2D eigenvalue weighted by Gasteiger charge is 2.31. The molecule has 1 aliphatic heterocycles. The van der Waals surface area contributed by atoms with Crippen molar-refractivity contribution in [1.82, 2.24) is 4.90 Å². The number of nitrogens with zero attached hydrogens (tertiary/aromatic N) is 1. The summed E-state index contributed by atoms with van der Waals surface area (Å²) in [6.45, 7) is 6.86. The number of amides is 2. The van der Waals surface area contributed by atoms with Crippen LogP contribution in [0.5, 0.6) is 0 Å². The van der Waals surface area contributed by atoms with Gasteiger partial charge in [0.15, 0.2) is 0 Å². The Morgan fingerprint density at radius 3 is 2.80 bits per heavy atom. The fourth-order valence-corrected chi connectivity index (χ4v) is 4.80. The van der Waals surface area contributed by atoms with E-state index in [0.717, 1.165) is 24.1 Å². The number of hydrogen-bond acceptors (Lipinski definition) is 4. The van der Waals surface area contributed by atoms with E-state index >= 15 is 0 Å². The summed E-state index contributed by atoms with van der Waals surface area (Å²) in [4.78, 5) is 15.3. The molecule has 1 aliphatic rings. The molecule has 2 rings (SSSR count). The molecule has 0 aromatic heterocycles. The number of urea groups is 1. The van der Waals surface area contributed by atoms with Crippen LogP contribution in [0.25, 0.3) is 0 Å². The van der Waals surface area contributed by atoms with Crippen LogP contribution in [0, 0.1) is 6.92 Å². The van der Waals surface area contributed by atoms with Crippen LogP contribution < -0.4 is 10.5 Å². The molecule has 1 aromatic carbocycles. The third-order valence-corrected chi connectivity index (χ3v) is 6.53. The monoisotopic (exact) mass is 385 g/mol. The molecule has 1 heterocycles. The smallest absolute Gasteiger partial charge is 0.320 e. The van der Waals surface area contributed by atoms with Crippen LogP contribution in [0.15, 0.2) is 23.1 Å². The first-order valence-corrected chi connectivity index (χ1v) is 11.1. The molecule has 1 fully saturated rings. The minimum Gasteiger partial charge on any atom is -0.320 e. The third kappa shape index (κ3) is 5.90. The molecule has 0 bridgehead atoms. The van der Waals surface area contributed by atoms with Crippen molar-refractivity contribution in [3.8, 4) is 0 Å². The van der Waals surface area contributed by atoms with Gasteiger partial charge in [-0.1, -0.05) is 13.8 Å². The summed E-state index contributed by atoms with van der Waals surface area (Å²) in [5, 5.41) is 8.58. The highest BCUT2D eigenvalue weighted by atomic mass is 32.2. The van der Waals surface area contributed by atoms with Gasteiger partial charge in [-0.05, 0) is 49.9 Å². The SMILES string of the molecule is CC[C@H](C)Sc1ccc(NC(=O)N2CCC[C@@H]2CS(N)(=O)=O)c(C)c1. The fourth-order valence-electron chi connectivity index (χ4n) is 2.90. The number of sulfonamides is 1. The fraction of sp³-hybridized carbons (Fsp3) is 0.588. The topological polar surface area (TPSA) is 92.5 Å². The third-order valence-electron chi connectivity index (χ3n) is 4.41. The van der Waals surface area contributed by atoms with Crippen molar-refractivity contribution < 1.29 is 13.2 Å². The molecule has 0 saturated carbocycles. The van der Waals surface area contributed by atoms with Gasteiger partial charge in [-0.25, -0.2) is 18.4 Å². The molecule has 0 radical (unpaired) electrons. The maximum atomic E-state index is 12.5. The second kappa shape index (κ2) is 8.42. The van der Waals surface area contributed by atoms with E-state index < -0.39 is 10.0 Å². The molecular formula is C17H27N3O3S2. The van der Waals surface area contributed by atoms with Crippen molar-refractivity contribution in [2.45, 2.75) is 56.2 Å². The van der Waals surface area contributed by atoms with Crippen molar-refractivity contribution in [2.75, 3.05) is 17.6 Å². The molecule has 2 amide bonds. The Bertz CT molecular complexity index is 722. The van der Waals surface area contributed by atoms with Crippen molar-refractivity contribution in [3.05, 3.63) is 23.8 Å². The molecule has 140 valence electrons. The molecule has 1 aromatic rings. The predicted molar refractivity (Wildman–Crippen MR) is 104 cm³/mol. The van der Waals surface area contributed by atoms with Crippen LogP contribution in [0.4, 0.5) is 10.5 Å². The molecule has 2 atom stereocenters. The van der Waals surface area contributed by atoms with Crippen LogP contribution in [0.1, 0.15) is 38.7 Å². The number of thioether (sulfide) groups is 1. The first kappa shape index (κ1) is 20.1. The molecule has 25 heavy (non-hydrogen) atoms. The molecule has 0 spiro atoms.